The number of nitrogens with zero attached hydrogens (tertiary/aromatic N) is 1. The van der Waals surface area contributed by atoms with E-state index in [-0.39, 0.29) is 0 Å². The molecule has 0 spiro atoms. The molecular weight excluding hydrogens is 381 g/mol. The predicted octanol–water partition coefficient (Wildman–Crippen LogP) is 5.20. The SMILES string of the molecule is ICc1ccc2ccccc2c1-[n+]1cccc2ccccc21. The van der Waals surface area contributed by atoms with Crippen LogP contribution in [-0.2, 0) is 4.43 Å². The molecule has 3 aromatic carbocycles. The van der Waals surface area contributed by atoms with Gasteiger partial charge in [-0.05, 0) is 23.6 Å². The van der Waals surface area contributed by atoms with Crippen molar-refractivity contribution in [3.63, 3.8) is 0 Å². The molecule has 0 aliphatic rings. The molecule has 4 aromatic rings. The number of fused-ring (bicyclic) bond motifs is 2. The van der Waals surface area contributed by atoms with E-state index in [0.29, 0.717) is 0 Å². The van der Waals surface area contributed by atoms with E-state index in [1.54, 1.807) is 0 Å². The van der Waals surface area contributed by atoms with E-state index in [9.17, 15) is 0 Å². The summed E-state index contributed by atoms with van der Waals surface area (Å²) in [4.78, 5) is 0. The molecule has 0 amide bonds. The summed E-state index contributed by atoms with van der Waals surface area (Å²) < 4.78 is 3.32. The van der Waals surface area contributed by atoms with Crippen LogP contribution < -0.4 is 4.57 Å². The van der Waals surface area contributed by atoms with Gasteiger partial charge < -0.3 is 0 Å². The van der Waals surface area contributed by atoms with E-state index in [4.69, 9.17) is 0 Å². The van der Waals surface area contributed by atoms with E-state index in [2.05, 4.69) is 106 Å². The van der Waals surface area contributed by atoms with Gasteiger partial charge in [-0.25, -0.2) is 0 Å². The highest BCUT2D eigenvalue weighted by atomic mass is 127. The van der Waals surface area contributed by atoms with Crippen LogP contribution >= 0.6 is 22.6 Å². The lowest BCUT2D eigenvalue weighted by Gasteiger charge is -2.08. The highest BCUT2D eigenvalue weighted by molar-refractivity contribution is 14.1. The van der Waals surface area contributed by atoms with Gasteiger partial charge in [0.15, 0.2) is 6.20 Å². The van der Waals surface area contributed by atoms with Crippen LogP contribution in [0.5, 0.6) is 0 Å². The number of rotatable bonds is 2. The standard InChI is InChI=1S/C20H15IN/c21-14-17-12-11-15-6-1-3-9-18(15)20(17)22-13-5-8-16-7-2-4-10-19(16)22/h1-13H,14H2/q+1. The third kappa shape index (κ3) is 2.18. The molecule has 106 valence electrons. The van der Waals surface area contributed by atoms with Crippen molar-refractivity contribution in [1.82, 2.24) is 0 Å². The molecule has 1 heterocycles. The van der Waals surface area contributed by atoms with Crippen molar-refractivity contribution in [2.24, 2.45) is 0 Å². The second-order valence-electron chi connectivity index (χ2n) is 5.37. The Hall–Kier alpha value is -1.94. The molecule has 1 aromatic heterocycles. The largest absolute Gasteiger partial charge is 0.223 e. The van der Waals surface area contributed by atoms with E-state index in [1.807, 2.05) is 0 Å². The zero-order chi connectivity index (χ0) is 14.9. The molecule has 2 heteroatoms. The summed E-state index contributed by atoms with van der Waals surface area (Å²) in [6.07, 6.45) is 2.17. The number of pyridine rings is 1. The molecule has 4 rings (SSSR count). The number of para-hydroxylation sites is 1. The molecule has 0 saturated carbocycles. The molecule has 0 fully saturated rings. The summed E-state index contributed by atoms with van der Waals surface area (Å²) >= 11 is 2.45. The Morgan fingerprint density at radius 1 is 0.727 bits per heavy atom. The fourth-order valence-electron chi connectivity index (χ4n) is 3.05. The Balaban J connectivity index is 2.16. The van der Waals surface area contributed by atoms with Gasteiger partial charge in [0, 0.05) is 27.5 Å². The molecule has 0 saturated heterocycles. The Bertz CT molecular complexity index is 970. The van der Waals surface area contributed by atoms with Crippen LogP contribution in [0.3, 0.4) is 0 Å². The first-order valence-corrected chi connectivity index (χ1v) is 8.87. The molecule has 1 nitrogen and oxygen atoms in total. The first-order valence-electron chi connectivity index (χ1n) is 7.35. The Morgan fingerprint density at radius 2 is 1.45 bits per heavy atom. The Labute approximate surface area is 143 Å². The van der Waals surface area contributed by atoms with Crippen molar-refractivity contribution < 1.29 is 4.57 Å². The van der Waals surface area contributed by atoms with Crippen molar-refractivity contribution in [1.29, 1.82) is 0 Å². The van der Waals surface area contributed by atoms with Gasteiger partial charge in [-0.1, -0.05) is 65.1 Å². The van der Waals surface area contributed by atoms with E-state index in [0.717, 1.165) is 4.43 Å². The van der Waals surface area contributed by atoms with Gasteiger partial charge in [0.2, 0.25) is 11.2 Å². The third-order valence-corrected chi connectivity index (χ3v) is 4.90. The van der Waals surface area contributed by atoms with Crippen molar-refractivity contribution in [2.45, 2.75) is 4.43 Å². The topological polar surface area (TPSA) is 3.88 Å². The monoisotopic (exact) mass is 396 g/mol. The van der Waals surface area contributed by atoms with Crippen LogP contribution in [0.1, 0.15) is 5.56 Å². The number of benzene rings is 3. The third-order valence-electron chi connectivity index (χ3n) is 4.08. The minimum Gasteiger partial charge on any atom is -0.159 e. The number of hydrogen-bond acceptors (Lipinski definition) is 0. The van der Waals surface area contributed by atoms with Gasteiger partial charge in [0.1, 0.15) is 0 Å². The van der Waals surface area contributed by atoms with Crippen LogP contribution in [0.2, 0.25) is 0 Å². The van der Waals surface area contributed by atoms with Crippen molar-refractivity contribution in [3.8, 4) is 5.69 Å². The maximum Gasteiger partial charge on any atom is 0.223 e. The first kappa shape index (κ1) is 13.7. The zero-order valence-electron chi connectivity index (χ0n) is 12.0. The summed E-state index contributed by atoms with van der Waals surface area (Å²) in [5.74, 6) is 0. The number of halogens is 1. The summed E-state index contributed by atoms with van der Waals surface area (Å²) in [6.45, 7) is 0. The minimum atomic E-state index is 0.994. The Morgan fingerprint density at radius 3 is 2.32 bits per heavy atom. The number of aromatic nitrogens is 1. The number of alkyl halides is 1. The van der Waals surface area contributed by atoms with Gasteiger partial charge in [-0.2, -0.15) is 4.57 Å². The van der Waals surface area contributed by atoms with Crippen LogP contribution in [0.25, 0.3) is 27.4 Å². The summed E-state index contributed by atoms with van der Waals surface area (Å²) in [5, 5.41) is 3.85. The fourth-order valence-corrected chi connectivity index (χ4v) is 3.66. The van der Waals surface area contributed by atoms with Gasteiger partial charge in [0.25, 0.3) is 0 Å². The van der Waals surface area contributed by atoms with E-state index in [1.165, 1.54) is 32.9 Å². The van der Waals surface area contributed by atoms with Gasteiger partial charge in [0.05, 0.1) is 5.39 Å². The normalized spacial score (nSPS) is 11.1. The maximum atomic E-state index is 2.45. The van der Waals surface area contributed by atoms with Crippen LogP contribution in [0, 0.1) is 0 Å². The van der Waals surface area contributed by atoms with E-state index < -0.39 is 0 Å². The number of hydrogen-bond donors (Lipinski definition) is 0. The summed E-state index contributed by atoms with van der Waals surface area (Å²) in [7, 11) is 0. The second kappa shape index (κ2) is 5.69. The fraction of sp³-hybridized carbons (Fsp3) is 0.0500. The molecule has 0 N–H and O–H groups in total. The zero-order valence-corrected chi connectivity index (χ0v) is 14.2. The molecule has 0 aliphatic heterocycles. The molecule has 22 heavy (non-hydrogen) atoms. The maximum absolute atomic E-state index is 2.45. The predicted molar refractivity (Wildman–Crippen MR) is 101 cm³/mol. The molecule has 0 aliphatic carbocycles. The quantitative estimate of drug-likeness (QED) is 0.249. The van der Waals surface area contributed by atoms with Crippen LogP contribution in [0.4, 0.5) is 0 Å². The van der Waals surface area contributed by atoms with E-state index >= 15 is 0 Å². The highest BCUT2D eigenvalue weighted by Gasteiger charge is 2.18. The van der Waals surface area contributed by atoms with Gasteiger partial charge in [-0.15, -0.1) is 0 Å². The minimum absolute atomic E-state index is 0.994. The summed E-state index contributed by atoms with van der Waals surface area (Å²) in [5.41, 5.74) is 3.90. The Kier molecular flexibility index (Phi) is 3.54. The van der Waals surface area contributed by atoms with Gasteiger partial charge >= 0.3 is 0 Å². The highest BCUT2D eigenvalue weighted by Crippen LogP contribution is 2.25. The molecule has 0 atom stereocenters. The molecular formula is C20H15IN+. The van der Waals surface area contributed by atoms with Crippen LogP contribution in [0.15, 0.2) is 79.0 Å². The molecule has 0 bridgehead atoms. The van der Waals surface area contributed by atoms with Crippen molar-refractivity contribution in [3.05, 3.63) is 84.6 Å². The average molecular weight is 396 g/mol. The lowest BCUT2D eigenvalue weighted by molar-refractivity contribution is -0.566. The smallest absolute Gasteiger partial charge is 0.159 e. The van der Waals surface area contributed by atoms with Gasteiger partial charge in [-0.3, -0.25) is 0 Å². The van der Waals surface area contributed by atoms with Crippen molar-refractivity contribution >= 4 is 44.3 Å². The van der Waals surface area contributed by atoms with Crippen LogP contribution in [-0.4, -0.2) is 0 Å². The lowest BCUT2D eigenvalue weighted by Crippen LogP contribution is -2.32. The lowest BCUT2D eigenvalue weighted by atomic mass is 10.0. The summed E-state index contributed by atoms with van der Waals surface area (Å²) in [6, 6.07) is 25.9. The molecule has 0 radical (unpaired) electrons. The first-order chi connectivity index (χ1) is 10.9. The molecule has 0 unspecified atom stereocenters. The average Bonchev–Trinajstić information content (AvgIpc) is 2.60. The van der Waals surface area contributed by atoms with Crippen molar-refractivity contribution in [2.75, 3.05) is 0 Å². The second-order valence-corrected chi connectivity index (χ2v) is 6.13.